The number of rotatable bonds is 3. The van der Waals surface area contributed by atoms with Gasteiger partial charge in [0.15, 0.2) is 0 Å². The number of piperazine rings is 1. The van der Waals surface area contributed by atoms with Gasteiger partial charge in [-0.25, -0.2) is 4.79 Å². The van der Waals surface area contributed by atoms with Crippen LogP contribution in [-0.4, -0.2) is 50.2 Å². The van der Waals surface area contributed by atoms with Crippen molar-refractivity contribution in [2.75, 3.05) is 54.4 Å². The van der Waals surface area contributed by atoms with E-state index in [1.54, 1.807) is 12.1 Å². The second kappa shape index (κ2) is 8.09. The lowest BCUT2D eigenvalue weighted by Gasteiger charge is -2.36. The maximum Gasteiger partial charge on any atom is 0.321 e. The predicted octanol–water partition coefficient (Wildman–Crippen LogP) is 4.29. The van der Waals surface area contributed by atoms with Crippen molar-refractivity contribution in [3.63, 3.8) is 0 Å². The number of benzene rings is 2. The van der Waals surface area contributed by atoms with Crippen LogP contribution in [0.15, 0.2) is 48.5 Å². The first kappa shape index (κ1) is 18.0. The minimum absolute atomic E-state index is 0.0682. The van der Waals surface area contributed by atoms with Gasteiger partial charge in [0.25, 0.3) is 0 Å². The second-order valence-corrected chi connectivity index (χ2v) is 7.56. The Hall–Kier alpha value is -2.40. The summed E-state index contributed by atoms with van der Waals surface area (Å²) in [7, 11) is 0. The first-order valence-corrected chi connectivity index (χ1v) is 9.98. The second-order valence-electron chi connectivity index (χ2n) is 7.13. The van der Waals surface area contributed by atoms with Crippen molar-refractivity contribution < 1.29 is 4.79 Å². The summed E-state index contributed by atoms with van der Waals surface area (Å²) in [6.07, 6.45) is 2.59. The first-order valence-electron chi connectivity index (χ1n) is 9.60. The Balaban J connectivity index is 1.31. The van der Waals surface area contributed by atoms with Crippen molar-refractivity contribution in [1.82, 2.24) is 4.90 Å². The third-order valence-electron chi connectivity index (χ3n) is 5.33. The highest BCUT2D eigenvalue weighted by molar-refractivity contribution is 6.30. The van der Waals surface area contributed by atoms with Crippen LogP contribution in [0.25, 0.3) is 0 Å². The van der Waals surface area contributed by atoms with E-state index in [1.807, 2.05) is 17.0 Å². The zero-order valence-corrected chi connectivity index (χ0v) is 16.2. The zero-order valence-electron chi connectivity index (χ0n) is 15.4. The molecule has 0 aromatic heterocycles. The maximum absolute atomic E-state index is 12.5. The van der Waals surface area contributed by atoms with Crippen molar-refractivity contribution >= 4 is 34.7 Å². The Morgan fingerprint density at radius 2 is 1.41 bits per heavy atom. The summed E-state index contributed by atoms with van der Waals surface area (Å²) in [6, 6.07) is 16.0. The summed E-state index contributed by atoms with van der Waals surface area (Å²) in [5.41, 5.74) is 3.27. The quantitative estimate of drug-likeness (QED) is 0.857. The monoisotopic (exact) mass is 384 g/mol. The molecule has 0 bridgehead atoms. The average molecular weight is 385 g/mol. The molecule has 2 aliphatic rings. The molecule has 2 heterocycles. The van der Waals surface area contributed by atoms with Gasteiger partial charge in [-0.2, -0.15) is 0 Å². The number of hydrogen-bond acceptors (Lipinski definition) is 3. The van der Waals surface area contributed by atoms with Crippen molar-refractivity contribution in [1.29, 1.82) is 0 Å². The molecule has 0 radical (unpaired) electrons. The summed E-state index contributed by atoms with van der Waals surface area (Å²) in [5.74, 6) is 0. The predicted molar refractivity (Wildman–Crippen MR) is 112 cm³/mol. The standard InChI is InChI=1S/C21H25ClN4O/c22-17-4-3-5-18(16-17)23-21(27)26-14-12-25(13-15-26)20-8-6-19(7-9-20)24-10-1-2-11-24/h3-9,16H,1-2,10-15H2,(H,23,27). The lowest BCUT2D eigenvalue weighted by atomic mass is 10.2. The van der Waals surface area contributed by atoms with E-state index < -0.39 is 0 Å². The number of nitrogens with one attached hydrogen (secondary N) is 1. The molecule has 2 amide bonds. The van der Waals surface area contributed by atoms with Crippen molar-refractivity contribution in [2.24, 2.45) is 0 Å². The van der Waals surface area contributed by atoms with E-state index >= 15 is 0 Å². The van der Waals surface area contributed by atoms with Gasteiger partial charge in [-0.15, -0.1) is 0 Å². The Morgan fingerprint density at radius 3 is 2.00 bits per heavy atom. The number of nitrogens with zero attached hydrogens (tertiary/aromatic N) is 3. The number of halogens is 1. The van der Waals surface area contributed by atoms with Crippen molar-refractivity contribution in [3.8, 4) is 0 Å². The molecular weight excluding hydrogens is 360 g/mol. The van der Waals surface area contributed by atoms with Crippen LogP contribution in [-0.2, 0) is 0 Å². The smallest absolute Gasteiger partial charge is 0.321 e. The van der Waals surface area contributed by atoms with Crippen LogP contribution < -0.4 is 15.1 Å². The van der Waals surface area contributed by atoms with Crippen LogP contribution in [0, 0.1) is 0 Å². The Kier molecular flexibility index (Phi) is 5.39. The van der Waals surface area contributed by atoms with Gasteiger partial charge in [0, 0.05) is 61.4 Å². The largest absolute Gasteiger partial charge is 0.372 e. The fourth-order valence-electron chi connectivity index (χ4n) is 3.79. The van der Waals surface area contributed by atoms with Crippen LogP contribution >= 0.6 is 11.6 Å². The van der Waals surface area contributed by atoms with E-state index in [0.29, 0.717) is 18.1 Å². The molecule has 6 heteroatoms. The van der Waals surface area contributed by atoms with Gasteiger partial charge in [0.1, 0.15) is 0 Å². The van der Waals surface area contributed by atoms with Crippen molar-refractivity contribution in [2.45, 2.75) is 12.8 Å². The molecule has 2 saturated heterocycles. The number of carbonyl (C=O) groups is 1. The lowest BCUT2D eigenvalue weighted by Crippen LogP contribution is -2.50. The minimum Gasteiger partial charge on any atom is -0.372 e. The topological polar surface area (TPSA) is 38.8 Å². The number of urea groups is 1. The van der Waals surface area contributed by atoms with Crippen LogP contribution in [0.4, 0.5) is 21.9 Å². The normalized spacial score (nSPS) is 17.3. The third-order valence-corrected chi connectivity index (χ3v) is 5.56. The van der Waals surface area contributed by atoms with E-state index in [2.05, 4.69) is 39.4 Å². The van der Waals surface area contributed by atoms with Gasteiger partial charge >= 0.3 is 6.03 Å². The number of hydrogen-bond donors (Lipinski definition) is 1. The van der Waals surface area contributed by atoms with Gasteiger partial charge in [0.05, 0.1) is 0 Å². The van der Waals surface area contributed by atoms with E-state index in [-0.39, 0.29) is 6.03 Å². The van der Waals surface area contributed by atoms with E-state index in [4.69, 9.17) is 11.6 Å². The number of carbonyl (C=O) groups excluding carboxylic acids is 1. The Bertz CT molecular complexity index is 781. The van der Waals surface area contributed by atoms with Crippen molar-refractivity contribution in [3.05, 3.63) is 53.6 Å². The molecule has 1 N–H and O–H groups in total. The Morgan fingerprint density at radius 1 is 0.815 bits per heavy atom. The molecule has 2 aliphatic heterocycles. The summed E-state index contributed by atoms with van der Waals surface area (Å²) in [4.78, 5) is 19.1. The van der Waals surface area contributed by atoms with Gasteiger partial charge in [-0.05, 0) is 55.3 Å². The molecule has 2 fully saturated rings. The highest BCUT2D eigenvalue weighted by Gasteiger charge is 2.21. The van der Waals surface area contributed by atoms with Crippen LogP contribution in [0.5, 0.6) is 0 Å². The molecule has 27 heavy (non-hydrogen) atoms. The lowest BCUT2D eigenvalue weighted by molar-refractivity contribution is 0.208. The highest BCUT2D eigenvalue weighted by atomic mass is 35.5. The van der Waals surface area contributed by atoms with E-state index in [0.717, 1.165) is 18.8 Å². The minimum atomic E-state index is -0.0682. The van der Waals surface area contributed by atoms with E-state index in [9.17, 15) is 4.79 Å². The van der Waals surface area contributed by atoms with E-state index in [1.165, 1.54) is 37.3 Å². The van der Waals surface area contributed by atoms with Gasteiger partial charge in [0.2, 0.25) is 0 Å². The highest BCUT2D eigenvalue weighted by Crippen LogP contribution is 2.24. The fourth-order valence-corrected chi connectivity index (χ4v) is 3.98. The summed E-state index contributed by atoms with van der Waals surface area (Å²) < 4.78 is 0. The first-order chi connectivity index (χ1) is 13.2. The zero-order chi connectivity index (χ0) is 18.6. The molecule has 0 atom stereocenters. The molecule has 0 saturated carbocycles. The van der Waals surface area contributed by atoms with Crippen LogP contribution in [0.3, 0.4) is 0 Å². The molecule has 5 nitrogen and oxygen atoms in total. The molecule has 142 valence electrons. The SMILES string of the molecule is O=C(Nc1cccc(Cl)c1)N1CCN(c2ccc(N3CCCC3)cc2)CC1. The average Bonchev–Trinajstić information content (AvgIpc) is 3.23. The Labute approximate surface area is 165 Å². The van der Waals surface area contributed by atoms with Gasteiger partial charge in [-0.1, -0.05) is 17.7 Å². The molecule has 0 spiro atoms. The number of anilines is 3. The summed E-state index contributed by atoms with van der Waals surface area (Å²) in [5, 5.41) is 3.54. The molecule has 4 rings (SSSR count). The summed E-state index contributed by atoms with van der Waals surface area (Å²) in [6.45, 7) is 5.43. The molecular formula is C21H25ClN4O. The fraction of sp³-hybridized carbons (Fsp3) is 0.381. The van der Waals surface area contributed by atoms with Crippen LogP contribution in [0.1, 0.15) is 12.8 Å². The van der Waals surface area contributed by atoms with Crippen LogP contribution in [0.2, 0.25) is 5.02 Å². The van der Waals surface area contributed by atoms with Gasteiger partial charge in [-0.3, -0.25) is 0 Å². The molecule has 0 aliphatic carbocycles. The molecule has 2 aromatic rings. The van der Waals surface area contributed by atoms with Gasteiger partial charge < -0.3 is 20.0 Å². The number of amides is 2. The third kappa shape index (κ3) is 4.30. The maximum atomic E-state index is 12.5. The molecule has 2 aromatic carbocycles. The summed E-state index contributed by atoms with van der Waals surface area (Å²) >= 11 is 5.98. The molecule has 0 unspecified atom stereocenters.